The van der Waals surface area contributed by atoms with Gasteiger partial charge in [0.1, 0.15) is 16.9 Å². The number of aryl methyl sites for hydroxylation is 1. The average molecular weight is 351 g/mol. The maximum atomic E-state index is 13.6. The van der Waals surface area contributed by atoms with Crippen LogP contribution >= 0.6 is 0 Å². The van der Waals surface area contributed by atoms with E-state index in [1.807, 2.05) is 18.2 Å². The summed E-state index contributed by atoms with van der Waals surface area (Å²) in [5, 5.41) is 0.634. The van der Waals surface area contributed by atoms with Gasteiger partial charge in [0.2, 0.25) is 6.79 Å². The molecule has 0 saturated carbocycles. The Morgan fingerprint density at radius 1 is 1.15 bits per heavy atom. The van der Waals surface area contributed by atoms with Crippen molar-refractivity contribution in [2.45, 2.75) is 6.54 Å². The van der Waals surface area contributed by atoms with Crippen molar-refractivity contribution < 1.29 is 13.9 Å². The van der Waals surface area contributed by atoms with E-state index in [9.17, 15) is 9.18 Å². The highest BCUT2D eigenvalue weighted by atomic mass is 19.1. The molecule has 2 aromatic carbocycles. The van der Waals surface area contributed by atoms with E-state index in [1.54, 1.807) is 17.7 Å². The van der Waals surface area contributed by atoms with Crippen LogP contribution in [0.25, 0.3) is 21.9 Å². The zero-order valence-electron chi connectivity index (χ0n) is 13.9. The van der Waals surface area contributed by atoms with Crippen LogP contribution in [0.2, 0.25) is 0 Å². The van der Waals surface area contributed by atoms with Crippen LogP contribution in [0.1, 0.15) is 5.56 Å². The van der Waals surface area contributed by atoms with Crippen LogP contribution in [0, 0.1) is 5.82 Å². The minimum absolute atomic E-state index is 0.174. The van der Waals surface area contributed by atoms with E-state index >= 15 is 0 Å². The van der Waals surface area contributed by atoms with Crippen molar-refractivity contribution in [3.63, 3.8) is 0 Å². The molecule has 5 rings (SSSR count). The minimum atomic E-state index is -0.351. The summed E-state index contributed by atoms with van der Waals surface area (Å²) in [6.45, 7) is 0.563. The average Bonchev–Trinajstić information content (AvgIpc) is 3.20. The summed E-state index contributed by atoms with van der Waals surface area (Å²) >= 11 is 0. The number of fused-ring (bicyclic) bond motifs is 4. The van der Waals surface area contributed by atoms with Gasteiger partial charge >= 0.3 is 0 Å². The Morgan fingerprint density at radius 3 is 2.88 bits per heavy atom. The third kappa shape index (κ3) is 2.10. The van der Waals surface area contributed by atoms with Crippen molar-refractivity contribution in [2.75, 3.05) is 6.79 Å². The SMILES string of the molecule is Cn1c2ccc(F)cc2c2ncn(Cc3ccc4c(c3)OCO4)c(=O)c21. The second kappa shape index (κ2) is 5.32. The fourth-order valence-electron chi connectivity index (χ4n) is 3.44. The van der Waals surface area contributed by atoms with E-state index in [0.717, 1.165) is 11.1 Å². The Morgan fingerprint density at radius 2 is 2.00 bits per heavy atom. The Bertz CT molecular complexity index is 1240. The summed E-state index contributed by atoms with van der Waals surface area (Å²) in [7, 11) is 1.79. The maximum Gasteiger partial charge on any atom is 0.278 e. The molecule has 2 aromatic heterocycles. The van der Waals surface area contributed by atoms with Crippen molar-refractivity contribution in [1.29, 1.82) is 0 Å². The van der Waals surface area contributed by atoms with Gasteiger partial charge in [-0.1, -0.05) is 6.07 Å². The van der Waals surface area contributed by atoms with Crippen LogP contribution in [0.15, 0.2) is 47.5 Å². The second-order valence-corrected chi connectivity index (χ2v) is 6.28. The number of rotatable bonds is 2. The summed E-state index contributed by atoms with van der Waals surface area (Å²) in [5.41, 5.74) is 2.46. The second-order valence-electron chi connectivity index (χ2n) is 6.28. The van der Waals surface area contributed by atoms with E-state index in [1.165, 1.54) is 23.0 Å². The smallest absolute Gasteiger partial charge is 0.278 e. The molecule has 0 unspecified atom stereocenters. The molecule has 130 valence electrons. The van der Waals surface area contributed by atoms with Crippen LogP contribution in [0.3, 0.4) is 0 Å². The van der Waals surface area contributed by atoms with Gasteiger partial charge in [0, 0.05) is 12.4 Å². The van der Waals surface area contributed by atoms with Gasteiger partial charge in [-0.15, -0.1) is 0 Å². The van der Waals surface area contributed by atoms with Gasteiger partial charge in [-0.25, -0.2) is 9.37 Å². The highest BCUT2D eigenvalue weighted by Crippen LogP contribution is 2.32. The van der Waals surface area contributed by atoms with E-state index in [2.05, 4.69) is 4.98 Å². The van der Waals surface area contributed by atoms with Crippen molar-refractivity contribution in [2.24, 2.45) is 7.05 Å². The molecule has 0 N–H and O–H groups in total. The number of hydrogen-bond acceptors (Lipinski definition) is 4. The van der Waals surface area contributed by atoms with E-state index in [0.29, 0.717) is 34.5 Å². The van der Waals surface area contributed by atoms with Crippen LogP contribution in [0.4, 0.5) is 4.39 Å². The molecular formula is C19H14FN3O3. The van der Waals surface area contributed by atoms with Crippen molar-refractivity contribution >= 4 is 21.9 Å². The lowest BCUT2D eigenvalue weighted by Gasteiger charge is -2.07. The predicted molar refractivity (Wildman–Crippen MR) is 94.1 cm³/mol. The third-order valence-corrected chi connectivity index (χ3v) is 4.71. The lowest BCUT2D eigenvalue weighted by Crippen LogP contribution is -2.22. The first-order chi connectivity index (χ1) is 12.6. The third-order valence-electron chi connectivity index (χ3n) is 4.71. The summed E-state index contributed by atoms with van der Waals surface area (Å²) < 4.78 is 27.6. The van der Waals surface area contributed by atoms with E-state index in [4.69, 9.17) is 9.47 Å². The van der Waals surface area contributed by atoms with Crippen LogP contribution in [-0.2, 0) is 13.6 Å². The van der Waals surface area contributed by atoms with Crippen LogP contribution < -0.4 is 15.0 Å². The number of halogens is 1. The molecule has 0 fully saturated rings. The zero-order chi connectivity index (χ0) is 17.8. The van der Waals surface area contributed by atoms with Gasteiger partial charge in [0.25, 0.3) is 5.56 Å². The van der Waals surface area contributed by atoms with Crippen LogP contribution in [-0.4, -0.2) is 20.9 Å². The first-order valence-corrected chi connectivity index (χ1v) is 8.13. The number of hydrogen-bond donors (Lipinski definition) is 0. The lowest BCUT2D eigenvalue weighted by atomic mass is 10.2. The standard InChI is InChI=1S/C19H14FN3O3/c1-22-14-4-3-12(20)7-13(14)17-18(22)19(24)23(9-21-17)8-11-2-5-15-16(6-11)26-10-25-15/h2-7,9H,8,10H2,1H3. The molecule has 7 heteroatoms. The topological polar surface area (TPSA) is 58.3 Å². The molecule has 0 radical (unpaired) electrons. The Labute approximate surface area is 147 Å². The minimum Gasteiger partial charge on any atom is -0.454 e. The van der Waals surface area contributed by atoms with Gasteiger partial charge in [-0.2, -0.15) is 0 Å². The summed E-state index contributed by atoms with van der Waals surface area (Å²) in [4.78, 5) is 17.4. The molecule has 1 aliphatic rings. The van der Waals surface area contributed by atoms with Gasteiger partial charge in [0.15, 0.2) is 11.5 Å². The molecule has 0 bridgehead atoms. The molecule has 0 amide bonds. The molecule has 26 heavy (non-hydrogen) atoms. The molecule has 0 atom stereocenters. The van der Waals surface area contributed by atoms with Crippen molar-refractivity contribution in [3.05, 3.63) is 64.5 Å². The maximum absolute atomic E-state index is 13.6. The molecule has 0 saturated heterocycles. The first kappa shape index (κ1) is 14.9. The monoisotopic (exact) mass is 351 g/mol. The van der Waals surface area contributed by atoms with Crippen LogP contribution in [0.5, 0.6) is 11.5 Å². The number of benzene rings is 2. The summed E-state index contributed by atoms with van der Waals surface area (Å²) in [6, 6.07) is 10.0. The Kier molecular flexibility index (Phi) is 3.06. The molecule has 4 aromatic rings. The molecule has 0 spiro atoms. The van der Waals surface area contributed by atoms with Gasteiger partial charge < -0.3 is 14.0 Å². The molecule has 0 aliphatic carbocycles. The highest BCUT2D eigenvalue weighted by molar-refractivity contribution is 6.05. The number of ether oxygens (including phenoxy) is 2. The largest absolute Gasteiger partial charge is 0.454 e. The first-order valence-electron chi connectivity index (χ1n) is 8.13. The molecule has 6 nitrogen and oxygen atoms in total. The zero-order valence-corrected chi connectivity index (χ0v) is 13.9. The molecular weight excluding hydrogens is 337 g/mol. The summed E-state index contributed by atoms with van der Waals surface area (Å²) in [5.74, 6) is 1.02. The number of aromatic nitrogens is 3. The molecule has 1 aliphatic heterocycles. The quantitative estimate of drug-likeness (QED) is 0.557. The van der Waals surface area contributed by atoms with E-state index < -0.39 is 0 Å². The Balaban J connectivity index is 1.65. The fraction of sp³-hybridized carbons (Fsp3) is 0.158. The summed E-state index contributed by atoms with van der Waals surface area (Å²) in [6.07, 6.45) is 1.50. The molecule has 3 heterocycles. The number of nitrogens with zero attached hydrogens (tertiary/aromatic N) is 3. The van der Waals surface area contributed by atoms with E-state index in [-0.39, 0.29) is 18.2 Å². The Hall–Kier alpha value is -3.35. The predicted octanol–water partition coefficient (Wildman–Crippen LogP) is 2.80. The van der Waals surface area contributed by atoms with Gasteiger partial charge in [-0.05, 0) is 35.9 Å². The van der Waals surface area contributed by atoms with Gasteiger partial charge in [0.05, 0.1) is 18.4 Å². The van der Waals surface area contributed by atoms with Crippen molar-refractivity contribution in [1.82, 2.24) is 14.1 Å². The van der Waals surface area contributed by atoms with Gasteiger partial charge in [-0.3, -0.25) is 9.36 Å². The van der Waals surface area contributed by atoms with Crippen molar-refractivity contribution in [3.8, 4) is 11.5 Å². The normalized spacial score (nSPS) is 13.0. The fourth-order valence-corrected chi connectivity index (χ4v) is 3.44. The lowest BCUT2D eigenvalue weighted by molar-refractivity contribution is 0.174. The highest BCUT2D eigenvalue weighted by Gasteiger charge is 2.17.